The molecule has 1 saturated carbocycles. The van der Waals surface area contributed by atoms with Gasteiger partial charge in [-0.05, 0) is 93.5 Å². The van der Waals surface area contributed by atoms with Gasteiger partial charge in [0.05, 0.1) is 29.4 Å². The Bertz CT molecular complexity index is 2270. The fourth-order valence-electron chi connectivity index (χ4n) is 7.51. The van der Waals surface area contributed by atoms with E-state index in [9.17, 15) is 44.1 Å². The van der Waals surface area contributed by atoms with Crippen molar-refractivity contribution in [3.63, 3.8) is 0 Å². The maximum absolute atomic E-state index is 11.5. The molecular formula is C49H59BrN4O15. The SMILES string of the molecule is CC1(C)C(C#N)(C(=O)O)CC1(C#N)C(=O)O.CC1=CC(O)CCC1CCC(=O)O.Nc1ccc(Oc2cc(C(=O)O)c(C(=O)O)cc2Oc2ccc(N)cc2)cc1.O=C(O)CCCCCCCCBr. The summed E-state index contributed by atoms with van der Waals surface area (Å²) in [5, 5.41) is 81.8. The van der Waals surface area contributed by atoms with Crippen LogP contribution in [0.1, 0.15) is 119 Å². The van der Waals surface area contributed by atoms with Crippen LogP contribution in [0.4, 0.5) is 11.4 Å². The molecule has 5 rings (SSSR count). The van der Waals surface area contributed by atoms with E-state index in [0.29, 0.717) is 41.6 Å². The standard InChI is InChI=1S/C20H16N2O6.C10H10N2O4.C10H16O3.C9H17BrO2/c21-11-1-5-13(6-2-11)27-17-9-15(19(23)24)16(20(25)26)10-18(17)28-14-7-3-12(22)4-8-14;1-8(2)9(4-11,6(13)14)3-10(8,5-12)7(15)16;1-7-6-9(11)4-2-8(7)3-5-10(12)13;10-8-6-4-2-1-3-5-7-9(11)12/h1-10H,21-22H2,(H,23,24)(H,25,26);3H2,1-2H3,(H,13,14)(H,15,16);6,8-9,11H,2-5H2,1H3,(H,12,13);1-8H2,(H,11,12). The van der Waals surface area contributed by atoms with E-state index in [0.717, 1.165) is 48.7 Å². The number of ether oxygens (including phenoxy) is 2. The van der Waals surface area contributed by atoms with E-state index in [4.69, 9.17) is 51.9 Å². The number of aliphatic carboxylic acids is 4. The van der Waals surface area contributed by atoms with Gasteiger partial charge in [0.2, 0.25) is 0 Å². The number of nitrogens with two attached hydrogens (primary N) is 2. The van der Waals surface area contributed by atoms with E-state index in [1.54, 1.807) is 60.7 Å². The van der Waals surface area contributed by atoms with Crippen LogP contribution in [-0.2, 0) is 19.2 Å². The molecule has 372 valence electrons. The first-order valence-corrected chi connectivity index (χ1v) is 22.9. The average Bonchev–Trinajstić information content (AvgIpc) is 3.28. The number of alkyl halides is 1. The van der Waals surface area contributed by atoms with Crippen LogP contribution >= 0.6 is 15.9 Å². The van der Waals surface area contributed by atoms with E-state index in [1.807, 2.05) is 13.0 Å². The second-order valence-corrected chi connectivity index (χ2v) is 17.7. The van der Waals surface area contributed by atoms with Crippen LogP contribution in [0.2, 0.25) is 0 Å². The van der Waals surface area contributed by atoms with Gasteiger partial charge in [0.25, 0.3) is 0 Å². The molecule has 0 heterocycles. The van der Waals surface area contributed by atoms with Crippen molar-refractivity contribution < 1.29 is 74.0 Å². The number of nitrogen functional groups attached to an aromatic ring is 2. The van der Waals surface area contributed by atoms with E-state index >= 15 is 0 Å². The molecule has 69 heavy (non-hydrogen) atoms. The monoisotopic (exact) mass is 1020 g/mol. The van der Waals surface area contributed by atoms with Crippen LogP contribution in [0.3, 0.4) is 0 Å². The van der Waals surface area contributed by atoms with E-state index < -0.39 is 69.6 Å². The molecule has 20 heteroatoms. The lowest BCUT2D eigenvalue weighted by molar-refractivity contribution is -0.198. The van der Waals surface area contributed by atoms with E-state index in [1.165, 1.54) is 39.5 Å². The van der Waals surface area contributed by atoms with Crippen LogP contribution < -0.4 is 20.9 Å². The van der Waals surface area contributed by atoms with Crippen LogP contribution in [0.25, 0.3) is 0 Å². The molecule has 0 spiro atoms. The van der Waals surface area contributed by atoms with E-state index in [-0.39, 0.29) is 24.0 Å². The molecule has 4 unspecified atom stereocenters. The first-order chi connectivity index (χ1) is 32.4. The average molecular weight is 1020 g/mol. The minimum Gasteiger partial charge on any atom is -0.481 e. The van der Waals surface area contributed by atoms with Crippen LogP contribution in [0.15, 0.2) is 72.3 Å². The number of aromatic carboxylic acids is 2. The van der Waals surface area contributed by atoms with Gasteiger partial charge in [0.1, 0.15) is 11.5 Å². The third-order valence-corrected chi connectivity index (χ3v) is 12.5. The molecule has 19 nitrogen and oxygen atoms in total. The third-order valence-electron chi connectivity index (χ3n) is 11.9. The Hall–Kier alpha value is -7.16. The van der Waals surface area contributed by atoms with Gasteiger partial charge in [-0.1, -0.05) is 67.1 Å². The van der Waals surface area contributed by atoms with Crippen molar-refractivity contribution >= 4 is 63.1 Å². The van der Waals surface area contributed by atoms with Crippen molar-refractivity contribution in [1.29, 1.82) is 10.5 Å². The number of carboxylic acid groups (broad SMARTS) is 6. The summed E-state index contributed by atoms with van der Waals surface area (Å²) in [5.74, 6) is -5.81. The topological polar surface area (TPSA) is 362 Å². The number of aliphatic hydroxyl groups excluding tert-OH is 1. The summed E-state index contributed by atoms with van der Waals surface area (Å²) >= 11 is 3.37. The number of nitrogens with zero attached hydrogens (tertiary/aromatic N) is 2. The number of rotatable bonds is 19. The van der Waals surface area contributed by atoms with Crippen molar-refractivity contribution in [2.75, 3.05) is 16.8 Å². The summed E-state index contributed by atoms with van der Waals surface area (Å²) in [5.41, 5.74) is 7.59. The molecular weight excluding hydrogens is 964 g/mol. The number of carboxylic acids is 6. The number of hydrogen-bond acceptors (Lipinski definition) is 13. The van der Waals surface area contributed by atoms with Gasteiger partial charge in [0, 0.05) is 53.5 Å². The Kier molecular flexibility index (Phi) is 22.7. The molecule has 0 saturated heterocycles. The number of hydrogen-bond donors (Lipinski definition) is 9. The van der Waals surface area contributed by atoms with Crippen molar-refractivity contribution in [3.05, 3.63) is 83.4 Å². The summed E-state index contributed by atoms with van der Waals surface area (Å²) < 4.78 is 11.4. The molecule has 0 radical (unpaired) electrons. The molecule has 0 aromatic heterocycles. The summed E-state index contributed by atoms with van der Waals surface area (Å²) in [7, 11) is 0. The first-order valence-electron chi connectivity index (χ1n) is 21.8. The Morgan fingerprint density at radius 3 is 1.41 bits per heavy atom. The van der Waals surface area contributed by atoms with Crippen LogP contribution in [0, 0.1) is 44.8 Å². The number of carbonyl (C=O) groups is 6. The van der Waals surface area contributed by atoms with Gasteiger partial charge in [-0.2, -0.15) is 10.5 Å². The number of allylic oxidation sites excluding steroid dienone is 1. The van der Waals surface area contributed by atoms with Crippen molar-refractivity contribution in [3.8, 4) is 35.1 Å². The predicted molar refractivity (Wildman–Crippen MR) is 255 cm³/mol. The zero-order chi connectivity index (χ0) is 52.1. The Morgan fingerprint density at radius 2 is 1.07 bits per heavy atom. The fraction of sp³-hybridized carbons (Fsp3) is 0.429. The summed E-state index contributed by atoms with van der Waals surface area (Å²) in [6.45, 7) is 4.62. The lowest BCUT2D eigenvalue weighted by Crippen LogP contribution is -2.68. The summed E-state index contributed by atoms with van der Waals surface area (Å²) in [4.78, 5) is 65.6. The molecule has 4 atom stereocenters. The first kappa shape index (κ1) is 58.0. The molecule has 0 aliphatic heterocycles. The molecule has 1 fully saturated rings. The highest BCUT2D eigenvalue weighted by Gasteiger charge is 2.77. The highest BCUT2D eigenvalue weighted by Crippen LogP contribution is 2.67. The molecule has 0 amide bonds. The number of unbranched alkanes of at least 4 members (excludes halogenated alkanes) is 5. The second kappa shape index (κ2) is 27.0. The molecule has 2 aliphatic carbocycles. The van der Waals surface area contributed by atoms with Gasteiger partial charge < -0.3 is 56.7 Å². The Labute approximate surface area is 407 Å². The lowest BCUT2D eigenvalue weighted by Gasteiger charge is -2.57. The van der Waals surface area contributed by atoms with Gasteiger partial charge >= 0.3 is 35.8 Å². The maximum atomic E-state index is 11.5. The Morgan fingerprint density at radius 1 is 0.667 bits per heavy atom. The highest BCUT2D eigenvalue weighted by molar-refractivity contribution is 9.09. The number of anilines is 2. The zero-order valence-corrected chi connectivity index (χ0v) is 40.1. The number of benzene rings is 3. The molecule has 3 aromatic carbocycles. The van der Waals surface area contributed by atoms with Crippen LogP contribution in [-0.4, -0.2) is 83.0 Å². The molecule has 3 aromatic rings. The van der Waals surface area contributed by atoms with Gasteiger partial charge in [0.15, 0.2) is 22.3 Å². The zero-order valence-electron chi connectivity index (χ0n) is 38.5. The van der Waals surface area contributed by atoms with Crippen molar-refractivity contribution in [2.45, 2.75) is 104 Å². The molecule has 11 N–H and O–H groups in total. The van der Waals surface area contributed by atoms with Gasteiger partial charge in [-0.3, -0.25) is 19.2 Å². The minimum atomic E-state index is -1.80. The predicted octanol–water partition coefficient (Wildman–Crippen LogP) is 9.20. The lowest BCUT2D eigenvalue weighted by atomic mass is 9.38. The van der Waals surface area contributed by atoms with Crippen LogP contribution in [0.5, 0.6) is 23.0 Å². The third kappa shape index (κ3) is 16.3. The summed E-state index contributed by atoms with van der Waals surface area (Å²) in [6, 6.07) is 18.3. The van der Waals surface area contributed by atoms with E-state index in [2.05, 4.69) is 15.9 Å². The fourth-order valence-corrected chi connectivity index (χ4v) is 7.90. The smallest absolute Gasteiger partial charge is 0.336 e. The van der Waals surface area contributed by atoms with Crippen molar-refractivity contribution in [2.24, 2.45) is 22.2 Å². The quantitative estimate of drug-likeness (QED) is 0.0234. The molecule has 2 aliphatic rings. The molecule has 0 bridgehead atoms. The summed E-state index contributed by atoms with van der Waals surface area (Å²) in [6.07, 6.45) is 10.8. The maximum Gasteiger partial charge on any atom is 0.336 e. The number of nitriles is 2. The highest BCUT2D eigenvalue weighted by atomic mass is 79.9. The normalized spacial score (nSPS) is 19.4. The van der Waals surface area contributed by atoms with Crippen molar-refractivity contribution in [1.82, 2.24) is 0 Å². The minimum absolute atomic E-state index is 0.0315. The second-order valence-electron chi connectivity index (χ2n) is 16.9. The Balaban J connectivity index is 0.000000340. The number of aliphatic hydroxyl groups is 1. The number of halogens is 1. The van der Waals surface area contributed by atoms with Gasteiger partial charge in [-0.25, -0.2) is 9.59 Å². The van der Waals surface area contributed by atoms with Gasteiger partial charge in [-0.15, -0.1) is 0 Å². The largest absolute Gasteiger partial charge is 0.481 e.